The molecule has 0 saturated carbocycles. The monoisotopic (exact) mass is 486 g/mol. The molecule has 184 valence electrons. The van der Waals surface area contributed by atoms with Gasteiger partial charge < -0.3 is 24.5 Å². The molecule has 2 atom stereocenters. The zero-order chi connectivity index (χ0) is 24.7. The van der Waals surface area contributed by atoms with E-state index in [4.69, 9.17) is 9.57 Å². The number of piperidine rings is 1. The quantitative estimate of drug-likeness (QED) is 0.692. The standard InChI is InChI=1S/C25H25F3N4O3/c1-15-12-31(14-29-15)21-6-5-16(9-22(21)34-2)8-17-4-3-7-32-24(17)30-35-25(32,13-33)23-19(27)10-18(26)11-20(23)28/h5-6,8-11,14-15,33H,3-4,7,12-13H2,1-2H3/b17-8+. The molecule has 0 amide bonds. The van der Waals surface area contributed by atoms with Crippen LogP contribution in [0.25, 0.3) is 6.08 Å². The number of fused-ring (bicyclic) bond motifs is 1. The minimum atomic E-state index is -1.91. The molecular weight excluding hydrogens is 461 g/mol. The average Bonchev–Trinajstić information content (AvgIpc) is 3.43. The van der Waals surface area contributed by atoms with Crippen LogP contribution in [-0.2, 0) is 10.6 Å². The summed E-state index contributed by atoms with van der Waals surface area (Å²) in [6, 6.07) is 7.12. The molecule has 0 aromatic heterocycles. The number of methoxy groups -OCH3 is 1. The van der Waals surface area contributed by atoms with Gasteiger partial charge in [-0.05, 0) is 49.1 Å². The summed E-state index contributed by atoms with van der Waals surface area (Å²) >= 11 is 0. The Bertz CT molecular complexity index is 1230. The molecule has 35 heavy (non-hydrogen) atoms. The molecule has 3 heterocycles. The lowest BCUT2D eigenvalue weighted by atomic mass is 9.94. The van der Waals surface area contributed by atoms with E-state index < -0.39 is 35.3 Å². The SMILES string of the molecule is COc1cc(/C=C2\CCCN3C2=NOC3(CO)c2c(F)cc(F)cc2F)ccc1N1C=NC(C)C1. The maximum atomic E-state index is 14.7. The number of aliphatic hydroxyl groups excluding tert-OH is 1. The van der Waals surface area contributed by atoms with Crippen molar-refractivity contribution in [1.82, 2.24) is 4.90 Å². The fourth-order valence-corrected chi connectivity index (χ4v) is 4.83. The van der Waals surface area contributed by atoms with Gasteiger partial charge in [0, 0.05) is 25.2 Å². The molecular formula is C25H25F3N4O3. The van der Waals surface area contributed by atoms with Crippen LogP contribution < -0.4 is 9.64 Å². The highest BCUT2D eigenvalue weighted by molar-refractivity contribution is 6.03. The van der Waals surface area contributed by atoms with Crippen LogP contribution in [0.1, 0.15) is 30.9 Å². The number of oxime groups is 1. The van der Waals surface area contributed by atoms with Crippen LogP contribution in [-0.4, -0.2) is 55.0 Å². The van der Waals surface area contributed by atoms with Crippen molar-refractivity contribution in [3.05, 3.63) is 64.5 Å². The summed E-state index contributed by atoms with van der Waals surface area (Å²) in [7, 11) is 1.60. The predicted molar refractivity (Wildman–Crippen MR) is 126 cm³/mol. The van der Waals surface area contributed by atoms with Gasteiger partial charge in [-0.1, -0.05) is 11.2 Å². The Labute approximate surface area is 200 Å². The van der Waals surface area contributed by atoms with E-state index in [1.165, 1.54) is 4.90 Å². The third kappa shape index (κ3) is 3.91. The number of aliphatic imine (C=N–C) groups is 1. The van der Waals surface area contributed by atoms with Gasteiger partial charge in [0.2, 0.25) is 0 Å². The van der Waals surface area contributed by atoms with E-state index in [0.29, 0.717) is 43.1 Å². The lowest BCUT2D eigenvalue weighted by Crippen LogP contribution is -2.52. The van der Waals surface area contributed by atoms with Gasteiger partial charge in [-0.2, -0.15) is 0 Å². The lowest BCUT2D eigenvalue weighted by Gasteiger charge is -2.39. The average molecular weight is 486 g/mol. The molecule has 7 nitrogen and oxygen atoms in total. The van der Waals surface area contributed by atoms with Gasteiger partial charge in [-0.25, -0.2) is 13.2 Å². The Morgan fingerprint density at radius 1 is 1.23 bits per heavy atom. The molecule has 0 bridgehead atoms. The van der Waals surface area contributed by atoms with Crippen LogP contribution in [0.2, 0.25) is 0 Å². The van der Waals surface area contributed by atoms with Crippen molar-refractivity contribution in [3.8, 4) is 5.75 Å². The fraction of sp³-hybridized carbons (Fsp3) is 0.360. The minimum absolute atomic E-state index is 0.206. The molecule has 2 aromatic rings. The highest BCUT2D eigenvalue weighted by Gasteiger charge is 2.52. The van der Waals surface area contributed by atoms with E-state index in [-0.39, 0.29) is 6.04 Å². The number of benzene rings is 2. The zero-order valence-electron chi connectivity index (χ0n) is 19.3. The van der Waals surface area contributed by atoms with Crippen molar-refractivity contribution in [2.45, 2.75) is 31.5 Å². The third-order valence-corrected chi connectivity index (χ3v) is 6.48. The first kappa shape index (κ1) is 23.2. The predicted octanol–water partition coefficient (Wildman–Crippen LogP) is 4.02. The molecule has 0 radical (unpaired) electrons. The molecule has 0 spiro atoms. The van der Waals surface area contributed by atoms with Crippen molar-refractivity contribution in [2.75, 3.05) is 31.7 Å². The van der Waals surface area contributed by atoms with E-state index in [9.17, 15) is 18.3 Å². The highest BCUT2D eigenvalue weighted by atomic mass is 19.1. The Hall–Kier alpha value is -3.53. The number of anilines is 1. The Morgan fingerprint density at radius 2 is 2.00 bits per heavy atom. The van der Waals surface area contributed by atoms with Crippen molar-refractivity contribution >= 4 is 23.9 Å². The van der Waals surface area contributed by atoms with Crippen LogP contribution in [0.5, 0.6) is 5.75 Å². The summed E-state index contributed by atoms with van der Waals surface area (Å²) in [5.74, 6) is -2.30. The van der Waals surface area contributed by atoms with Crippen molar-refractivity contribution in [2.24, 2.45) is 10.1 Å². The first-order valence-electron chi connectivity index (χ1n) is 11.3. The van der Waals surface area contributed by atoms with E-state index in [1.54, 1.807) is 13.4 Å². The molecule has 5 rings (SSSR count). The Balaban J connectivity index is 1.48. The molecule has 0 aliphatic carbocycles. The first-order valence-corrected chi connectivity index (χ1v) is 11.3. The van der Waals surface area contributed by atoms with Gasteiger partial charge in [0.15, 0.2) is 5.84 Å². The number of nitrogens with zero attached hydrogens (tertiary/aromatic N) is 4. The summed E-state index contributed by atoms with van der Waals surface area (Å²) in [5.41, 5.74) is 0.0324. The van der Waals surface area contributed by atoms with E-state index in [0.717, 1.165) is 23.4 Å². The van der Waals surface area contributed by atoms with Gasteiger partial charge in [0.25, 0.3) is 5.72 Å². The van der Waals surface area contributed by atoms with E-state index >= 15 is 0 Å². The topological polar surface area (TPSA) is 69.9 Å². The highest BCUT2D eigenvalue weighted by Crippen LogP contribution is 2.42. The second kappa shape index (κ2) is 8.92. The molecule has 1 fully saturated rings. The number of aliphatic hydroxyl groups is 1. The van der Waals surface area contributed by atoms with Crippen molar-refractivity contribution in [1.29, 1.82) is 0 Å². The molecule has 1 saturated heterocycles. The van der Waals surface area contributed by atoms with Crippen LogP contribution in [0.4, 0.5) is 18.9 Å². The maximum Gasteiger partial charge on any atom is 0.266 e. The van der Waals surface area contributed by atoms with Gasteiger partial charge in [-0.15, -0.1) is 0 Å². The first-order chi connectivity index (χ1) is 16.9. The fourth-order valence-electron chi connectivity index (χ4n) is 4.83. The normalized spacial score (nSPS) is 24.6. The largest absolute Gasteiger partial charge is 0.495 e. The van der Waals surface area contributed by atoms with Crippen LogP contribution >= 0.6 is 0 Å². The van der Waals surface area contributed by atoms with Gasteiger partial charge >= 0.3 is 0 Å². The summed E-state index contributed by atoms with van der Waals surface area (Å²) in [5, 5.41) is 14.3. The van der Waals surface area contributed by atoms with Crippen LogP contribution in [0.15, 0.2) is 46.1 Å². The molecule has 3 aliphatic heterocycles. The minimum Gasteiger partial charge on any atom is -0.495 e. The van der Waals surface area contributed by atoms with Crippen molar-refractivity contribution in [3.63, 3.8) is 0 Å². The third-order valence-electron chi connectivity index (χ3n) is 6.48. The van der Waals surface area contributed by atoms with E-state index in [2.05, 4.69) is 10.1 Å². The smallest absolute Gasteiger partial charge is 0.266 e. The van der Waals surface area contributed by atoms with Crippen LogP contribution in [0, 0.1) is 17.5 Å². The Kier molecular flexibility index (Phi) is 5.92. The maximum absolute atomic E-state index is 14.7. The number of hydrogen-bond donors (Lipinski definition) is 1. The number of ether oxygens (including phenoxy) is 1. The molecule has 2 aromatic carbocycles. The second-order valence-corrected chi connectivity index (χ2v) is 8.82. The molecule has 10 heteroatoms. The summed E-state index contributed by atoms with van der Waals surface area (Å²) in [6.45, 7) is 2.38. The van der Waals surface area contributed by atoms with E-state index in [1.807, 2.05) is 36.1 Å². The number of hydrogen-bond acceptors (Lipinski definition) is 7. The van der Waals surface area contributed by atoms with Gasteiger partial charge in [0.1, 0.15) is 29.8 Å². The number of halogens is 3. The summed E-state index contributed by atoms with van der Waals surface area (Å²) < 4.78 is 48.5. The lowest BCUT2D eigenvalue weighted by molar-refractivity contribution is -0.141. The summed E-state index contributed by atoms with van der Waals surface area (Å²) in [4.78, 5) is 13.5. The van der Waals surface area contributed by atoms with Crippen LogP contribution in [0.3, 0.4) is 0 Å². The van der Waals surface area contributed by atoms with Crippen molar-refractivity contribution < 1.29 is 27.9 Å². The molecule has 1 N–H and O–H groups in total. The zero-order valence-corrected chi connectivity index (χ0v) is 19.3. The molecule has 2 unspecified atom stereocenters. The number of amidine groups is 1. The molecule has 3 aliphatic rings. The van der Waals surface area contributed by atoms with Gasteiger partial charge in [-0.3, -0.25) is 4.99 Å². The van der Waals surface area contributed by atoms with Gasteiger partial charge in [0.05, 0.1) is 30.7 Å². The number of rotatable bonds is 5. The summed E-state index contributed by atoms with van der Waals surface area (Å²) in [6.07, 6.45) is 4.99. The second-order valence-electron chi connectivity index (χ2n) is 8.82. The Morgan fingerprint density at radius 3 is 2.66 bits per heavy atom.